The Kier molecular flexibility index (Phi) is 4.81. The lowest BCUT2D eigenvalue weighted by Crippen LogP contribution is -2.46. The largest absolute Gasteiger partial charge is 0.388 e. The Labute approximate surface area is 121 Å². The number of hydrogen-bond acceptors (Lipinski definition) is 2. The Hall–Kier alpha value is -1.35. The van der Waals surface area contributed by atoms with E-state index in [1.807, 2.05) is 31.2 Å². The van der Waals surface area contributed by atoms with Crippen LogP contribution < -0.4 is 5.32 Å². The van der Waals surface area contributed by atoms with E-state index >= 15 is 0 Å². The standard InChI is InChI=1S/C17H25NO2/c1-13-6-5-9-17(20,11-13)12-18-16(19)10-15-8-4-3-7-14(15)2/h3-4,7-8,13,20H,5-6,9-12H2,1-2H3,(H,18,19). The molecule has 1 amide bonds. The van der Waals surface area contributed by atoms with Crippen LogP contribution in [-0.2, 0) is 11.2 Å². The van der Waals surface area contributed by atoms with Crippen molar-refractivity contribution in [2.75, 3.05) is 6.54 Å². The third-order valence-corrected chi connectivity index (χ3v) is 4.29. The van der Waals surface area contributed by atoms with Gasteiger partial charge in [0.2, 0.25) is 5.91 Å². The Bertz CT molecular complexity index is 472. The first kappa shape index (κ1) is 15.0. The molecule has 2 unspecified atom stereocenters. The third-order valence-electron chi connectivity index (χ3n) is 4.29. The zero-order chi connectivity index (χ0) is 14.6. The van der Waals surface area contributed by atoms with Gasteiger partial charge in [-0.25, -0.2) is 0 Å². The lowest BCUT2D eigenvalue weighted by Gasteiger charge is -2.35. The van der Waals surface area contributed by atoms with E-state index in [1.54, 1.807) is 0 Å². The number of nitrogens with one attached hydrogen (secondary N) is 1. The van der Waals surface area contributed by atoms with Crippen LogP contribution >= 0.6 is 0 Å². The molecule has 1 aliphatic carbocycles. The van der Waals surface area contributed by atoms with Crippen LogP contribution in [0.5, 0.6) is 0 Å². The minimum atomic E-state index is -0.709. The maximum absolute atomic E-state index is 12.0. The highest BCUT2D eigenvalue weighted by atomic mass is 16.3. The van der Waals surface area contributed by atoms with Gasteiger partial charge in [0.25, 0.3) is 0 Å². The maximum atomic E-state index is 12.0. The summed E-state index contributed by atoms with van der Waals surface area (Å²) in [6.45, 7) is 4.56. The molecule has 0 spiro atoms. The van der Waals surface area contributed by atoms with Crippen molar-refractivity contribution < 1.29 is 9.90 Å². The lowest BCUT2D eigenvalue weighted by molar-refractivity contribution is -0.122. The molecule has 3 nitrogen and oxygen atoms in total. The van der Waals surface area contributed by atoms with Crippen molar-refractivity contribution in [3.05, 3.63) is 35.4 Å². The average Bonchev–Trinajstić information content (AvgIpc) is 2.39. The molecule has 20 heavy (non-hydrogen) atoms. The monoisotopic (exact) mass is 275 g/mol. The molecule has 1 aromatic rings. The Morgan fingerprint density at radius 3 is 2.90 bits per heavy atom. The molecule has 0 aromatic heterocycles. The van der Waals surface area contributed by atoms with Crippen LogP contribution in [0.2, 0.25) is 0 Å². The maximum Gasteiger partial charge on any atom is 0.224 e. The summed E-state index contributed by atoms with van der Waals surface area (Å²) in [5, 5.41) is 13.4. The minimum absolute atomic E-state index is 0.00838. The molecule has 0 bridgehead atoms. The molecule has 1 saturated carbocycles. The van der Waals surface area contributed by atoms with Gasteiger partial charge < -0.3 is 10.4 Å². The van der Waals surface area contributed by atoms with E-state index in [-0.39, 0.29) is 5.91 Å². The van der Waals surface area contributed by atoms with Crippen LogP contribution in [0.3, 0.4) is 0 Å². The molecule has 2 atom stereocenters. The number of rotatable bonds is 4. The van der Waals surface area contributed by atoms with E-state index in [0.29, 0.717) is 18.9 Å². The Morgan fingerprint density at radius 1 is 1.45 bits per heavy atom. The van der Waals surface area contributed by atoms with Crippen molar-refractivity contribution >= 4 is 5.91 Å². The number of amides is 1. The van der Waals surface area contributed by atoms with Gasteiger partial charge in [0.05, 0.1) is 12.0 Å². The summed E-state index contributed by atoms with van der Waals surface area (Å²) in [5.41, 5.74) is 1.47. The smallest absolute Gasteiger partial charge is 0.224 e. The highest BCUT2D eigenvalue weighted by Crippen LogP contribution is 2.31. The molecule has 1 aliphatic rings. The van der Waals surface area contributed by atoms with Gasteiger partial charge >= 0.3 is 0 Å². The molecule has 0 aliphatic heterocycles. The summed E-state index contributed by atoms with van der Waals surface area (Å²) in [6, 6.07) is 7.92. The van der Waals surface area contributed by atoms with Crippen LogP contribution in [-0.4, -0.2) is 23.2 Å². The summed E-state index contributed by atoms with van der Waals surface area (Å²) in [4.78, 5) is 12.0. The van der Waals surface area contributed by atoms with Gasteiger partial charge in [0, 0.05) is 6.54 Å². The second-order valence-corrected chi connectivity index (χ2v) is 6.31. The number of carbonyl (C=O) groups is 1. The van der Waals surface area contributed by atoms with Crippen LogP contribution in [0.1, 0.15) is 43.7 Å². The van der Waals surface area contributed by atoms with Crippen molar-refractivity contribution in [3.8, 4) is 0 Å². The highest BCUT2D eigenvalue weighted by molar-refractivity contribution is 5.79. The number of aryl methyl sites for hydroxylation is 1. The van der Waals surface area contributed by atoms with Crippen molar-refractivity contribution in [2.45, 2.75) is 51.6 Å². The molecule has 2 N–H and O–H groups in total. The Balaban J connectivity index is 1.85. The zero-order valence-electron chi connectivity index (χ0n) is 12.5. The van der Waals surface area contributed by atoms with Crippen molar-refractivity contribution in [2.24, 2.45) is 5.92 Å². The van der Waals surface area contributed by atoms with Gasteiger partial charge in [-0.2, -0.15) is 0 Å². The molecule has 0 radical (unpaired) electrons. The summed E-state index contributed by atoms with van der Waals surface area (Å²) >= 11 is 0. The fourth-order valence-electron chi connectivity index (χ4n) is 3.10. The summed E-state index contributed by atoms with van der Waals surface area (Å²) in [6.07, 6.45) is 4.20. The SMILES string of the molecule is Cc1ccccc1CC(=O)NCC1(O)CCCC(C)C1. The molecule has 0 heterocycles. The highest BCUT2D eigenvalue weighted by Gasteiger charge is 2.32. The lowest BCUT2D eigenvalue weighted by atomic mass is 9.79. The molecule has 110 valence electrons. The predicted molar refractivity (Wildman–Crippen MR) is 80.5 cm³/mol. The first-order chi connectivity index (χ1) is 9.48. The van der Waals surface area contributed by atoms with E-state index in [1.165, 1.54) is 6.42 Å². The van der Waals surface area contributed by atoms with Crippen LogP contribution in [0.4, 0.5) is 0 Å². The molecule has 2 rings (SSSR count). The molecule has 1 aromatic carbocycles. The molecule has 3 heteroatoms. The van der Waals surface area contributed by atoms with Crippen molar-refractivity contribution in [1.29, 1.82) is 0 Å². The van der Waals surface area contributed by atoms with E-state index in [2.05, 4.69) is 12.2 Å². The van der Waals surface area contributed by atoms with Crippen molar-refractivity contribution in [3.63, 3.8) is 0 Å². The number of benzene rings is 1. The zero-order valence-corrected chi connectivity index (χ0v) is 12.5. The molecular formula is C17H25NO2. The second-order valence-electron chi connectivity index (χ2n) is 6.31. The minimum Gasteiger partial charge on any atom is -0.388 e. The number of aliphatic hydroxyl groups is 1. The first-order valence-electron chi connectivity index (χ1n) is 7.52. The molecule has 1 fully saturated rings. The van der Waals surface area contributed by atoms with Crippen LogP contribution in [0.25, 0.3) is 0 Å². The predicted octanol–water partition coefficient (Wildman–Crippen LogP) is 2.59. The van der Waals surface area contributed by atoms with Gasteiger partial charge in [-0.1, -0.05) is 44.0 Å². The summed E-state index contributed by atoms with van der Waals surface area (Å²) in [5.74, 6) is 0.535. The quantitative estimate of drug-likeness (QED) is 0.887. The third kappa shape index (κ3) is 4.07. The summed E-state index contributed by atoms with van der Waals surface area (Å²) < 4.78 is 0. The van der Waals surface area contributed by atoms with E-state index in [9.17, 15) is 9.90 Å². The van der Waals surface area contributed by atoms with Crippen LogP contribution in [0, 0.1) is 12.8 Å². The first-order valence-corrected chi connectivity index (χ1v) is 7.52. The van der Waals surface area contributed by atoms with Gasteiger partial charge in [-0.05, 0) is 36.8 Å². The van der Waals surface area contributed by atoms with Crippen molar-refractivity contribution in [1.82, 2.24) is 5.32 Å². The fraction of sp³-hybridized carbons (Fsp3) is 0.588. The van der Waals surface area contributed by atoms with E-state index in [4.69, 9.17) is 0 Å². The fourth-order valence-corrected chi connectivity index (χ4v) is 3.10. The van der Waals surface area contributed by atoms with Gasteiger partial charge in [-0.15, -0.1) is 0 Å². The Morgan fingerprint density at radius 2 is 2.20 bits per heavy atom. The summed E-state index contributed by atoms with van der Waals surface area (Å²) in [7, 11) is 0. The van der Waals surface area contributed by atoms with Crippen LogP contribution in [0.15, 0.2) is 24.3 Å². The topological polar surface area (TPSA) is 49.3 Å². The normalized spacial score (nSPS) is 26.2. The van der Waals surface area contributed by atoms with E-state index < -0.39 is 5.60 Å². The second kappa shape index (κ2) is 6.40. The average molecular weight is 275 g/mol. The van der Waals surface area contributed by atoms with E-state index in [0.717, 1.165) is 30.4 Å². The number of carbonyl (C=O) groups excluding carboxylic acids is 1. The van der Waals surface area contributed by atoms with Gasteiger partial charge in [0.15, 0.2) is 0 Å². The van der Waals surface area contributed by atoms with Gasteiger partial charge in [0.1, 0.15) is 0 Å². The number of hydrogen-bond donors (Lipinski definition) is 2. The molecule has 0 saturated heterocycles. The molecular weight excluding hydrogens is 250 g/mol. The van der Waals surface area contributed by atoms with Gasteiger partial charge in [-0.3, -0.25) is 4.79 Å².